The number of benzene rings is 1. The lowest BCUT2D eigenvalue weighted by atomic mass is 10.0. The minimum atomic E-state index is -1.08. The van der Waals surface area contributed by atoms with Gasteiger partial charge in [-0.25, -0.2) is 4.79 Å². The van der Waals surface area contributed by atoms with E-state index in [0.717, 1.165) is 0 Å². The van der Waals surface area contributed by atoms with Crippen LogP contribution < -0.4 is 0 Å². The third-order valence-electron chi connectivity index (χ3n) is 1.90. The van der Waals surface area contributed by atoms with Gasteiger partial charge in [-0.3, -0.25) is 0 Å². The van der Waals surface area contributed by atoms with Crippen LogP contribution in [0.4, 0.5) is 5.69 Å². The second-order valence-corrected chi connectivity index (χ2v) is 2.83. The van der Waals surface area contributed by atoms with Gasteiger partial charge in [-0.05, 0) is 19.4 Å². The van der Waals surface area contributed by atoms with Crippen LogP contribution in [0.15, 0.2) is 12.1 Å². The van der Waals surface area contributed by atoms with Crippen molar-refractivity contribution in [3.63, 3.8) is 0 Å². The number of hydrogen-bond acceptors (Lipinski definition) is 2. The smallest absolute Gasteiger partial charge is 0.402 e. The molecule has 0 amide bonds. The maximum absolute atomic E-state index is 10.8. The maximum Gasteiger partial charge on any atom is 0.402 e. The molecule has 1 N–H and O–H groups in total. The van der Waals surface area contributed by atoms with Crippen LogP contribution in [-0.4, -0.2) is 11.1 Å². The predicted molar refractivity (Wildman–Crippen MR) is 47.6 cm³/mol. The average Bonchev–Trinajstić information content (AvgIpc) is 2.07. The molecule has 1 aromatic carbocycles. The first-order valence-electron chi connectivity index (χ1n) is 3.76. The highest BCUT2D eigenvalue weighted by molar-refractivity contribution is 5.96. The zero-order chi connectivity index (χ0) is 10.0. The molecule has 0 spiro atoms. The van der Waals surface area contributed by atoms with Gasteiger partial charge in [0.05, 0.1) is 0 Å². The van der Waals surface area contributed by atoms with Crippen LogP contribution in [0.2, 0.25) is 0 Å². The lowest BCUT2D eigenvalue weighted by molar-refractivity contribution is 0.0697. The molecule has 1 aromatic rings. The second-order valence-electron chi connectivity index (χ2n) is 2.83. The molecule has 13 heavy (non-hydrogen) atoms. The van der Waals surface area contributed by atoms with E-state index in [0.29, 0.717) is 11.1 Å². The molecule has 0 fully saturated rings. The quantitative estimate of drug-likeness (QED) is 0.670. The van der Waals surface area contributed by atoms with Crippen molar-refractivity contribution >= 4 is 11.7 Å². The van der Waals surface area contributed by atoms with Crippen LogP contribution >= 0.6 is 0 Å². The lowest BCUT2D eigenvalue weighted by Gasteiger charge is -1.97. The molecule has 66 valence electrons. The third-order valence-corrected chi connectivity index (χ3v) is 1.90. The highest BCUT2D eigenvalue weighted by Gasteiger charge is 2.24. The van der Waals surface area contributed by atoms with E-state index in [2.05, 4.69) is 4.98 Å². The number of rotatable bonds is 1. The van der Waals surface area contributed by atoms with Crippen molar-refractivity contribution in [2.24, 2.45) is 0 Å². The topological polar surface area (TPSA) is 65.4 Å². The van der Waals surface area contributed by atoms with E-state index in [1.807, 2.05) is 0 Å². The Morgan fingerprint density at radius 3 is 2.31 bits per heavy atom. The molecule has 0 heterocycles. The molecule has 1 rings (SSSR count). The summed E-state index contributed by atoms with van der Waals surface area (Å²) in [5, 5.41) is 17.5. The van der Waals surface area contributed by atoms with Crippen molar-refractivity contribution in [3.8, 4) is 0 Å². The van der Waals surface area contributed by atoms with Gasteiger partial charge in [0.1, 0.15) is 0 Å². The van der Waals surface area contributed by atoms with E-state index in [1.54, 1.807) is 26.0 Å². The van der Waals surface area contributed by atoms with E-state index in [4.69, 9.17) is 10.5 Å². The fourth-order valence-electron chi connectivity index (χ4n) is 1.20. The third kappa shape index (κ3) is 1.49. The molecule has 4 heteroatoms. The van der Waals surface area contributed by atoms with Crippen molar-refractivity contribution in [1.29, 1.82) is 5.39 Å². The van der Waals surface area contributed by atoms with Gasteiger partial charge in [-0.15, -0.1) is 0 Å². The maximum atomic E-state index is 10.8. The number of carboxylic acids is 1. The monoisotopic (exact) mass is 177 g/mol. The molecule has 0 bridgehead atoms. The summed E-state index contributed by atoms with van der Waals surface area (Å²) in [5.74, 6) is -1.08. The zero-order valence-electron chi connectivity index (χ0n) is 7.40. The van der Waals surface area contributed by atoms with Gasteiger partial charge in [0.2, 0.25) is 5.39 Å². The molecular weight excluding hydrogens is 168 g/mol. The van der Waals surface area contributed by atoms with E-state index in [-0.39, 0.29) is 11.3 Å². The summed E-state index contributed by atoms with van der Waals surface area (Å²) in [6.45, 7) is 3.36. The molecule has 0 aliphatic heterocycles. The standard InChI is InChI=1S/C9H8N2O2/c1-5-3-4-6(2)8(11-10)7(5)9(12)13/h3-4H,1-2H3/p+1. The number of carboxylic acid groups (broad SMARTS) is 1. The summed E-state index contributed by atoms with van der Waals surface area (Å²) in [5.41, 5.74) is 1.42. The van der Waals surface area contributed by atoms with Crippen LogP contribution in [0.25, 0.3) is 4.98 Å². The first kappa shape index (κ1) is 9.20. The Kier molecular flexibility index (Phi) is 2.29. The van der Waals surface area contributed by atoms with Gasteiger partial charge >= 0.3 is 11.7 Å². The first-order valence-corrected chi connectivity index (χ1v) is 3.76. The van der Waals surface area contributed by atoms with Crippen molar-refractivity contribution in [2.45, 2.75) is 13.8 Å². The minimum Gasteiger partial charge on any atom is -0.477 e. The summed E-state index contributed by atoms with van der Waals surface area (Å²) < 4.78 is 0. The highest BCUT2D eigenvalue weighted by Crippen LogP contribution is 2.26. The lowest BCUT2D eigenvalue weighted by Crippen LogP contribution is -2.00. The molecule has 0 aliphatic carbocycles. The molecule has 0 saturated heterocycles. The number of diazo groups is 1. The van der Waals surface area contributed by atoms with Gasteiger partial charge in [-0.1, -0.05) is 12.1 Å². The predicted octanol–water partition coefficient (Wildman–Crippen LogP) is 2.49. The van der Waals surface area contributed by atoms with Crippen molar-refractivity contribution < 1.29 is 9.90 Å². The molecule has 0 aliphatic rings. The fraction of sp³-hybridized carbons (Fsp3) is 0.222. The largest absolute Gasteiger partial charge is 0.477 e. The molecule has 0 aromatic heterocycles. The Labute approximate surface area is 75.4 Å². The number of hydrogen-bond donors (Lipinski definition) is 1. The number of aryl methyl sites for hydroxylation is 2. The van der Waals surface area contributed by atoms with Gasteiger partial charge in [0, 0.05) is 5.56 Å². The van der Waals surface area contributed by atoms with Gasteiger partial charge in [0.25, 0.3) is 0 Å². The summed E-state index contributed by atoms with van der Waals surface area (Å²) in [6, 6.07) is 3.41. The number of aromatic carboxylic acids is 1. The molecule has 0 unspecified atom stereocenters. The Morgan fingerprint density at radius 2 is 1.92 bits per heavy atom. The average molecular weight is 177 g/mol. The fourth-order valence-corrected chi connectivity index (χ4v) is 1.20. The van der Waals surface area contributed by atoms with Crippen LogP contribution in [-0.2, 0) is 0 Å². The number of nitrogens with zero attached hydrogens (tertiary/aromatic N) is 2. The Bertz CT molecular complexity index is 405. The second kappa shape index (κ2) is 3.23. The van der Waals surface area contributed by atoms with Crippen molar-refractivity contribution in [3.05, 3.63) is 33.8 Å². The van der Waals surface area contributed by atoms with Gasteiger partial charge in [0.15, 0.2) is 10.5 Å². The van der Waals surface area contributed by atoms with E-state index < -0.39 is 5.97 Å². The van der Waals surface area contributed by atoms with Crippen LogP contribution in [0.5, 0.6) is 0 Å². The molecule has 0 radical (unpaired) electrons. The summed E-state index contributed by atoms with van der Waals surface area (Å²) in [4.78, 5) is 13.8. The van der Waals surface area contributed by atoms with E-state index >= 15 is 0 Å². The highest BCUT2D eigenvalue weighted by atomic mass is 16.4. The summed E-state index contributed by atoms with van der Waals surface area (Å²) >= 11 is 0. The van der Waals surface area contributed by atoms with Crippen LogP contribution in [0.3, 0.4) is 0 Å². The van der Waals surface area contributed by atoms with Gasteiger partial charge < -0.3 is 5.11 Å². The van der Waals surface area contributed by atoms with Crippen LogP contribution in [0, 0.1) is 19.2 Å². The SMILES string of the molecule is Cc1ccc(C)c(C(=O)O)c1[N+]#N. The van der Waals surface area contributed by atoms with Gasteiger partial charge in [-0.2, -0.15) is 0 Å². The Hall–Kier alpha value is -1.89. The summed E-state index contributed by atoms with van der Waals surface area (Å²) in [7, 11) is 0. The molecule has 0 atom stereocenters. The molecule has 4 nitrogen and oxygen atoms in total. The van der Waals surface area contributed by atoms with Crippen molar-refractivity contribution in [1.82, 2.24) is 0 Å². The first-order chi connectivity index (χ1) is 6.07. The van der Waals surface area contributed by atoms with Crippen molar-refractivity contribution in [2.75, 3.05) is 0 Å². The summed E-state index contributed by atoms with van der Waals surface area (Å²) in [6.07, 6.45) is 0. The zero-order valence-corrected chi connectivity index (χ0v) is 7.40. The Morgan fingerprint density at radius 1 is 1.38 bits per heavy atom. The van der Waals surface area contributed by atoms with E-state index in [9.17, 15) is 4.79 Å². The normalized spacial score (nSPS) is 9.31. The van der Waals surface area contributed by atoms with Crippen LogP contribution in [0.1, 0.15) is 21.5 Å². The molecule has 0 saturated carbocycles. The number of carbonyl (C=O) groups is 1. The Balaban J connectivity index is 3.55. The molecular formula is C9H9N2O2+. The minimum absolute atomic E-state index is 0.0579. The van der Waals surface area contributed by atoms with E-state index in [1.165, 1.54) is 0 Å².